The normalized spacial score (nSPS) is 12.9. The molecule has 1 unspecified atom stereocenters. The number of nitrogens with zero attached hydrogens (tertiary/aromatic N) is 3. The number of nitrogens with two attached hydrogens (primary N) is 1. The average Bonchev–Trinajstić information content (AvgIpc) is 3.86. The van der Waals surface area contributed by atoms with E-state index < -0.39 is 0 Å². The van der Waals surface area contributed by atoms with E-state index in [1.807, 2.05) is 26.0 Å². The second-order valence-corrected chi connectivity index (χ2v) is 19.0. The summed E-state index contributed by atoms with van der Waals surface area (Å²) in [7, 11) is 2.22. The minimum absolute atomic E-state index is 0.0670. The van der Waals surface area contributed by atoms with Crippen molar-refractivity contribution < 1.29 is 0 Å². The zero-order valence-corrected chi connectivity index (χ0v) is 42.1. The Morgan fingerprint density at radius 2 is 1.16 bits per heavy atom. The second kappa shape index (κ2) is 22.5. The molecule has 2 aliphatic rings. The van der Waals surface area contributed by atoms with E-state index in [-0.39, 0.29) is 16.3 Å². The molecule has 8 aromatic carbocycles. The highest BCUT2D eigenvalue weighted by atomic mass is 32.2. The maximum absolute atomic E-state index is 7.41. The Kier molecular flexibility index (Phi) is 15.7. The Morgan fingerprint density at radius 3 is 1.84 bits per heavy atom. The van der Waals surface area contributed by atoms with Crippen LogP contribution in [0.1, 0.15) is 49.4 Å². The lowest BCUT2D eigenvalue weighted by molar-refractivity contribution is 0.799. The van der Waals surface area contributed by atoms with Crippen molar-refractivity contribution in [1.29, 1.82) is 5.41 Å². The van der Waals surface area contributed by atoms with Crippen LogP contribution in [0.3, 0.4) is 0 Å². The molecule has 5 nitrogen and oxygen atoms in total. The Hall–Kier alpha value is -7.80. The summed E-state index contributed by atoms with van der Waals surface area (Å²) in [6.07, 6.45) is 6.46. The molecule has 2 aromatic heterocycles. The fraction of sp³-hybridized carbons (Fsp3) is 0.141. The lowest BCUT2D eigenvalue weighted by Crippen LogP contribution is -2.17. The highest BCUT2D eigenvalue weighted by molar-refractivity contribution is 8.20. The number of nitrogens with one attached hydrogen (secondary N) is 1. The smallest absolute Gasteiger partial charge is 0.123 e. The molecule has 12 rings (SSSR count). The largest absolute Gasteiger partial charge is 0.384 e. The van der Waals surface area contributed by atoms with Gasteiger partial charge in [-0.25, -0.2) is 0 Å². The Morgan fingerprint density at radius 1 is 0.571 bits per heavy atom. The van der Waals surface area contributed by atoms with E-state index in [9.17, 15) is 0 Å². The predicted octanol–water partition coefficient (Wildman–Crippen LogP) is 16.6. The SMILES string of the molecule is C=NCn1c2ccccc2c2cc(-c3ccccc3)ccc21.CC.CCCc1ccccc1.Cc1ccccc1-c1cc2c(cc1C)c1ccccc1n2C.N=C(N)C1=CS2=C(C=C1)c1ccccc12. The van der Waals surface area contributed by atoms with Crippen molar-refractivity contribution in [3.8, 4) is 22.3 Å². The summed E-state index contributed by atoms with van der Waals surface area (Å²) >= 11 is 0. The Labute approximate surface area is 416 Å². The van der Waals surface area contributed by atoms with Crippen LogP contribution in [0.2, 0.25) is 0 Å². The molecule has 350 valence electrons. The van der Waals surface area contributed by atoms with E-state index in [2.05, 4.69) is 242 Å². The molecular formula is C64H63N5S. The van der Waals surface area contributed by atoms with Gasteiger partial charge in [-0.1, -0.05) is 173 Å². The molecule has 0 spiro atoms. The molecular weight excluding hydrogens is 871 g/mol. The summed E-state index contributed by atoms with van der Waals surface area (Å²) in [4.78, 5) is 6.81. The lowest BCUT2D eigenvalue weighted by atomic mass is 9.95. The lowest BCUT2D eigenvalue weighted by Gasteiger charge is -2.27. The van der Waals surface area contributed by atoms with Gasteiger partial charge in [0.25, 0.3) is 0 Å². The number of rotatable bonds is 7. The standard InChI is InChI=1S/C21H19N.C20H16N2.C12H10N2S.C9H12.C2H6/c1-14-8-4-5-9-16(14)18-13-21-19(12-15(18)2)17-10-6-7-11-20(17)22(21)3;1-21-14-22-19-10-6-5-9-17(19)18-13-16(11-12-20(18)22)15-7-3-2-4-8-15;13-12(14)8-5-6-11-9-3-1-2-4-10(9)15(11)7-8;1-2-6-9-7-4-3-5-8-9;1-2/h4-13H,1-3H3;2-13H,1,14H2;1-7H,(H3,13,14);3-5,7-8H,2,6H2,1H3;1-2H3. The van der Waals surface area contributed by atoms with Gasteiger partial charge >= 0.3 is 0 Å². The van der Waals surface area contributed by atoms with Gasteiger partial charge in [0.05, 0.1) is 11.0 Å². The van der Waals surface area contributed by atoms with Crippen LogP contribution in [0.4, 0.5) is 0 Å². The van der Waals surface area contributed by atoms with Gasteiger partial charge in [-0.2, -0.15) is 0 Å². The summed E-state index contributed by atoms with van der Waals surface area (Å²) in [6.45, 7) is 14.8. The van der Waals surface area contributed by atoms with Crippen LogP contribution >= 0.6 is 10.5 Å². The van der Waals surface area contributed by atoms with Crippen molar-refractivity contribution in [2.75, 3.05) is 0 Å². The number of para-hydroxylation sites is 2. The highest BCUT2D eigenvalue weighted by Gasteiger charge is 2.23. The predicted molar refractivity (Wildman–Crippen MR) is 307 cm³/mol. The van der Waals surface area contributed by atoms with E-state index in [0.29, 0.717) is 6.67 Å². The number of allylic oxidation sites excluding steroid dienone is 1. The van der Waals surface area contributed by atoms with Crippen LogP contribution in [-0.4, -0.2) is 26.6 Å². The number of benzene rings is 8. The van der Waals surface area contributed by atoms with Gasteiger partial charge in [-0.3, -0.25) is 10.4 Å². The minimum atomic E-state index is 0.0670. The summed E-state index contributed by atoms with van der Waals surface area (Å²) < 4.78 is 4.51. The van der Waals surface area contributed by atoms with Gasteiger partial charge in [-0.15, -0.1) is 10.5 Å². The second-order valence-electron chi connectivity index (χ2n) is 17.2. The zero-order valence-electron chi connectivity index (χ0n) is 41.3. The van der Waals surface area contributed by atoms with Gasteiger partial charge in [0, 0.05) is 60.5 Å². The van der Waals surface area contributed by atoms with Crippen molar-refractivity contribution in [2.24, 2.45) is 17.8 Å². The van der Waals surface area contributed by atoms with Crippen molar-refractivity contribution in [3.63, 3.8) is 0 Å². The number of hydrogen-bond donors (Lipinski definition) is 2. The number of hydrogen-bond acceptors (Lipinski definition) is 2. The minimum Gasteiger partial charge on any atom is -0.384 e. The average molecular weight is 934 g/mol. The van der Waals surface area contributed by atoms with Crippen molar-refractivity contribution in [3.05, 3.63) is 233 Å². The summed E-state index contributed by atoms with van der Waals surface area (Å²) in [5.41, 5.74) is 21.9. The van der Waals surface area contributed by atoms with E-state index in [0.717, 1.165) is 5.57 Å². The first-order chi connectivity index (χ1) is 34.2. The number of aromatic nitrogens is 2. The monoisotopic (exact) mass is 933 g/mol. The number of aliphatic imine (C=N–C) groups is 1. The van der Waals surface area contributed by atoms with Crippen LogP contribution in [0.5, 0.6) is 0 Å². The molecule has 0 bridgehead atoms. The van der Waals surface area contributed by atoms with Crippen LogP contribution in [0.15, 0.2) is 221 Å². The van der Waals surface area contributed by atoms with Crippen LogP contribution in [-0.2, 0) is 20.1 Å². The van der Waals surface area contributed by atoms with Crippen molar-refractivity contribution >= 4 is 71.5 Å². The molecule has 0 saturated carbocycles. The molecule has 0 amide bonds. The maximum atomic E-state index is 7.41. The van der Waals surface area contributed by atoms with E-state index >= 15 is 0 Å². The van der Waals surface area contributed by atoms with E-state index in [1.165, 1.54) is 111 Å². The summed E-state index contributed by atoms with van der Waals surface area (Å²) in [5, 5.41) is 14.7. The van der Waals surface area contributed by atoms with Crippen LogP contribution < -0.4 is 5.73 Å². The molecule has 10 aromatic rings. The number of amidine groups is 1. The van der Waals surface area contributed by atoms with Crippen LogP contribution in [0.25, 0.3) is 65.9 Å². The van der Waals surface area contributed by atoms with Gasteiger partial charge < -0.3 is 14.9 Å². The molecule has 70 heavy (non-hydrogen) atoms. The van der Waals surface area contributed by atoms with Crippen LogP contribution in [0, 0.1) is 19.3 Å². The fourth-order valence-electron chi connectivity index (χ4n) is 9.36. The molecule has 6 heteroatoms. The van der Waals surface area contributed by atoms with Crippen molar-refractivity contribution in [2.45, 2.75) is 59.0 Å². The van der Waals surface area contributed by atoms with Gasteiger partial charge in [0.2, 0.25) is 0 Å². The number of fused-ring (bicyclic) bond motifs is 9. The molecule has 3 N–H and O–H groups in total. The van der Waals surface area contributed by atoms with Gasteiger partial charge in [0.1, 0.15) is 12.5 Å². The first-order valence-corrected chi connectivity index (χ1v) is 25.5. The summed E-state index contributed by atoms with van der Waals surface area (Å²) in [6, 6.07) is 66.5. The summed E-state index contributed by atoms with van der Waals surface area (Å²) in [5.74, 6) is 0.155. The number of aryl methyl sites for hydroxylation is 4. The Bertz CT molecular complexity index is 3570. The highest BCUT2D eigenvalue weighted by Crippen LogP contribution is 2.46. The third-order valence-corrected chi connectivity index (χ3v) is 14.9. The van der Waals surface area contributed by atoms with Crippen molar-refractivity contribution in [1.82, 2.24) is 9.13 Å². The van der Waals surface area contributed by atoms with Gasteiger partial charge in [-0.05, 0) is 126 Å². The first-order valence-electron chi connectivity index (χ1n) is 24.3. The zero-order chi connectivity index (χ0) is 49.1. The van der Waals surface area contributed by atoms with E-state index in [4.69, 9.17) is 11.1 Å². The maximum Gasteiger partial charge on any atom is 0.123 e. The molecule has 0 saturated heterocycles. The molecule has 4 heterocycles. The third kappa shape index (κ3) is 10.1. The van der Waals surface area contributed by atoms with E-state index in [1.54, 1.807) is 0 Å². The Balaban J connectivity index is 0.000000129. The molecule has 0 aliphatic carbocycles. The third-order valence-electron chi connectivity index (χ3n) is 12.8. The van der Waals surface area contributed by atoms with Gasteiger partial charge in [0.15, 0.2) is 0 Å². The molecule has 0 fully saturated rings. The quantitative estimate of drug-likeness (QED) is 0.0933. The molecule has 0 radical (unpaired) electrons. The topological polar surface area (TPSA) is 72.1 Å². The molecule has 2 aliphatic heterocycles. The fourth-order valence-corrected chi connectivity index (χ4v) is 11.4. The molecule has 1 atom stereocenters. The first kappa shape index (κ1) is 48.6.